The summed E-state index contributed by atoms with van der Waals surface area (Å²) in [7, 11) is 0. The molecule has 1 fully saturated rings. The molecule has 1 saturated heterocycles. The van der Waals surface area contributed by atoms with E-state index >= 15 is 0 Å². The highest BCUT2D eigenvalue weighted by atomic mass is 16.6. The predicted molar refractivity (Wildman–Crippen MR) is 65.6 cm³/mol. The molecule has 0 aromatic heterocycles. The molecular weight excluding hydrogens is 220 g/mol. The highest BCUT2D eigenvalue weighted by molar-refractivity contribution is 5.68. The van der Waals surface area contributed by atoms with Crippen LogP contribution in [0.4, 0.5) is 4.79 Å². The molecule has 1 heterocycles. The molecule has 5 nitrogen and oxygen atoms in total. The van der Waals surface area contributed by atoms with E-state index in [9.17, 15) is 9.90 Å². The average molecular weight is 244 g/mol. The quantitative estimate of drug-likeness (QED) is 0.775. The van der Waals surface area contributed by atoms with Crippen LogP contribution in [0.15, 0.2) is 0 Å². The first-order chi connectivity index (χ1) is 7.81. The molecule has 2 unspecified atom stereocenters. The second kappa shape index (κ2) is 5.69. The molecule has 1 amide bonds. The zero-order valence-electron chi connectivity index (χ0n) is 11.0. The summed E-state index contributed by atoms with van der Waals surface area (Å²) in [5.41, 5.74) is 4.92. The Labute approximate surface area is 103 Å². The van der Waals surface area contributed by atoms with Gasteiger partial charge in [-0.05, 0) is 39.5 Å². The fourth-order valence-electron chi connectivity index (χ4n) is 2.00. The summed E-state index contributed by atoms with van der Waals surface area (Å²) in [5.74, 6) is 0.334. The van der Waals surface area contributed by atoms with E-state index in [0.29, 0.717) is 25.4 Å². The van der Waals surface area contributed by atoms with Crippen LogP contribution in [0, 0.1) is 5.92 Å². The monoisotopic (exact) mass is 244 g/mol. The van der Waals surface area contributed by atoms with Crippen LogP contribution in [0.3, 0.4) is 0 Å². The maximum absolute atomic E-state index is 11.8. The molecule has 0 aromatic rings. The summed E-state index contributed by atoms with van der Waals surface area (Å²) in [6, 6.07) is 0. The Morgan fingerprint density at radius 3 is 2.76 bits per heavy atom. The van der Waals surface area contributed by atoms with Crippen molar-refractivity contribution in [3.8, 4) is 0 Å². The van der Waals surface area contributed by atoms with Crippen LogP contribution in [0.2, 0.25) is 0 Å². The Hall–Kier alpha value is -0.810. The molecule has 1 rings (SSSR count). The summed E-state index contributed by atoms with van der Waals surface area (Å²) in [6.07, 6.45) is 0.854. The molecule has 0 saturated carbocycles. The number of carbonyl (C=O) groups is 1. The SMILES string of the molecule is CC(C)(C)OC(=O)N1CCC(CC(O)CN)C1. The molecule has 3 N–H and O–H groups in total. The van der Waals surface area contributed by atoms with Gasteiger partial charge in [0.2, 0.25) is 0 Å². The minimum atomic E-state index is -0.460. The highest BCUT2D eigenvalue weighted by Crippen LogP contribution is 2.22. The van der Waals surface area contributed by atoms with Crippen molar-refractivity contribution in [1.29, 1.82) is 0 Å². The number of hydrogen-bond acceptors (Lipinski definition) is 4. The van der Waals surface area contributed by atoms with Gasteiger partial charge in [-0.25, -0.2) is 4.79 Å². The first kappa shape index (κ1) is 14.3. The summed E-state index contributed by atoms with van der Waals surface area (Å²) < 4.78 is 5.30. The Balaban J connectivity index is 2.37. The van der Waals surface area contributed by atoms with Crippen molar-refractivity contribution < 1.29 is 14.6 Å². The normalized spacial score (nSPS) is 22.6. The lowest BCUT2D eigenvalue weighted by molar-refractivity contribution is 0.0283. The van der Waals surface area contributed by atoms with Crippen LogP contribution < -0.4 is 5.73 Å². The highest BCUT2D eigenvalue weighted by Gasteiger charge is 2.30. The fourth-order valence-corrected chi connectivity index (χ4v) is 2.00. The molecular formula is C12H24N2O3. The maximum atomic E-state index is 11.8. The van der Waals surface area contributed by atoms with Crippen molar-refractivity contribution in [3.05, 3.63) is 0 Å². The molecule has 2 atom stereocenters. The van der Waals surface area contributed by atoms with Gasteiger partial charge in [-0.3, -0.25) is 0 Å². The van der Waals surface area contributed by atoms with Crippen molar-refractivity contribution in [3.63, 3.8) is 0 Å². The van der Waals surface area contributed by atoms with E-state index in [1.54, 1.807) is 4.90 Å². The van der Waals surface area contributed by atoms with Gasteiger partial charge in [-0.15, -0.1) is 0 Å². The minimum Gasteiger partial charge on any atom is -0.444 e. The smallest absolute Gasteiger partial charge is 0.410 e. The Bertz CT molecular complexity index is 263. The third-order valence-corrected chi connectivity index (χ3v) is 2.82. The molecule has 0 aliphatic carbocycles. The largest absolute Gasteiger partial charge is 0.444 e. The Kier molecular flexibility index (Phi) is 4.77. The van der Waals surface area contributed by atoms with Crippen molar-refractivity contribution in [2.45, 2.75) is 45.3 Å². The molecule has 0 radical (unpaired) electrons. The number of likely N-dealkylation sites (tertiary alicyclic amines) is 1. The van der Waals surface area contributed by atoms with Gasteiger partial charge in [0.15, 0.2) is 0 Å². The minimum absolute atomic E-state index is 0.262. The molecule has 17 heavy (non-hydrogen) atoms. The van der Waals surface area contributed by atoms with E-state index < -0.39 is 11.7 Å². The van der Waals surface area contributed by atoms with Crippen LogP contribution in [0.25, 0.3) is 0 Å². The van der Waals surface area contributed by atoms with E-state index in [1.807, 2.05) is 20.8 Å². The number of amides is 1. The number of ether oxygens (including phenoxy) is 1. The standard InChI is InChI=1S/C12H24N2O3/c1-12(2,3)17-11(16)14-5-4-9(8-14)6-10(15)7-13/h9-10,15H,4-8,13H2,1-3H3. The number of hydrogen-bond donors (Lipinski definition) is 2. The lowest BCUT2D eigenvalue weighted by Crippen LogP contribution is -2.35. The summed E-state index contributed by atoms with van der Waals surface area (Å²) in [6.45, 7) is 7.22. The Morgan fingerprint density at radius 1 is 1.59 bits per heavy atom. The molecule has 0 bridgehead atoms. The van der Waals surface area contributed by atoms with Gasteiger partial charge in [0, 0.05) is 19.6 Å². The zero-order valence-corrected chi connectivity index (χ0v) is 11.0. The first-order valence-corrected chi connectivity index (χ1v) is 6.18. The van der Waals surface area contributed by atoms with E-state index in [-0.39, 0.29) is 12.6 Å². The molecule has 0 aromatic carbocycles. The van der Waals surface area contributed by atoms with Crippen LogP contribution in [0.5, 0.6) is 0 Å². The van der Waals surface area contributed by atoms with Gasteiger partial charge in [-0.1, -0.05) is 0 Å². The van der Waals surface area contributed by atoms with Gasteiger partial charge in [0.1, 0.15) is 5.60 Å². The van der Waals surface area contributed by atoms with Crippen LogP contribution in [-0.2, 0) is 4.74 Å². The fraction of sp³-hybridized carbons (Fsp3) is 0.917. The van der Waals surface area contributed by atoms with E-state index in [2.05, 4.69) is 0 Å². The molecule has 5 heteroatoms. The lowest BCUT2D eigenvalue weighted by atomic mass is 10.0. The summed E-state index contributed by atoms with van der Waals surface area (Å²) in [5, 5.41) is 9.47. The molecule has 1 aliphatic rings. The third kappa shape index (κ3) is 4.91. The molecule has 1 aliphatic heterocycles. The number of nitrogens with zero attached hydrogens (tertiary/aromatic N) is 1. The van der Waals surface area contributed by atoms with Crippen LogP contribution >= 0.6 is 0 Å². The van der Waals surface area contributed by atoms with Gasteiger partial charge in [0.05, 0.1) is 6.10 Å². The molecule has 100 valence electrons. The first-order valence-electron chi connectivity index (χ1n) is 6.18. The number of rotatable bonds is 3. The average Bonchev–Trinajstić information content (AvgIpc) is 2.63. The molecule has 0 spiro atoms. The lowest BCUT2D eigenvalue weighted by Gasteiger charge is -2.24. The number of aliphatic hydroxyl groups excluding tert-OH is 1. The second-order valence-electron chi connectivity index (χ2n) is 5.71. The van der Waals surface area contributed by atoms with Crippen LogP contribution in [-0.4, -0.2) is 47.4 Å². The predicted octanol–water partition coefficient (Wildman–Crippen LogP) is 0.953. The van der Waals surface area contributed by atoms with E-state index in [0.717, 1.165) is 6.42 Å². The number of nitrogens with two attached hydrogens (primary N) is 1. The third-order valence-electron chi connectivity index (χ3n) is 2.82. The number of carbonyl (C=O) groups excluding carboxylic acids is 1. The van der Waals surface area contributed by atoms with E-state index in [1.165, 1.54) is 0 Å². The van der Waals surface area contributed by atoms with Crippen molar-refractivity contribution in [2.24, 2.45) is 11.7 Å². The van der Waals surface area contributed by atoms with Gasteiger partial charge in [0.25, 0.3) is 0 Å². The van der Waals surface area contributed by atoms with Crippen molar-refractivity contribution in [2.75, 3.05) is 19.6 Å². The topological polar surface area (TPSA) is 75.8 Å². The van der Waals surface area contributed by atoms with Gasteiger partial charge >= 0.3 is 6.09 Å². The van der Waals surface area contributed by atoms with Crippen molar-refractivity contribution in [1.82, 2.24) is 4.90 Å². The van der Waals surface area contributed by atoms with Gasteiger partial charge in [-0.2, -0.15) is 0 Å². The van der Waals surface area contributed by atoms with Crippen LogP contribution in [0.1, 0.15) is 33.6 Å². The van der Waals surface area contributed by atoms with E-state index in [4.69, 9.17) is 10.5 Å². The second-order valence-corrected chi connectivity index (χ2v) is 5.71. The summed E-state index contributed by atoms with van der Waals surface area (Å²) >= 11 is 0. The Morgan fingerprint density at radius 2 is 2.24 bits per heavy atom. The number of aliphatic hydroxyl groups is 1. The summed E-state index contributed by atoms with van der Waals surface area (Å²) in [4.78, 5) is 13.5. The zero-order chi connectivity index (χ0) is 13.1. The van der Waals surface area contributed by atoms with Gasteiger partial charge < -0.3 is 20.5 Å². The van der Waals surface area contributed by atoms with Crippen molar-refractivity contribution >= 4 is 6.09 Å². The maximum Gasteiger partial charge on any atom is 0.410 e.